The van der Waals surface area contributed by atoms with Crippen LogP contribution in [0, 0.1) is 5.92 Å². The van der Waals surface area contributed by atoms with E-state index in [-0.39, 0.29) is 18.0 Å². The van der Waals surface area contributed by atoms with Crippen LogP contribution in [0.5, 0.6) is 0 Å². The first-order valence-electron chi connectivity index (χ1n) is 18.1. The lowest BCUT2D eigenvalue weighted by molar-refractivity contribution is -0.141. The zero-order valence-corrected chi connectivity index (χ0v) is 27.6. The highest BCUT2D eigenvalue weighted by molar-refractivity contribution is 6.00. The van der Waals surface area contributed by atoms with Gasteiger partial charge in [0.1, 0.15) is 12.0 Å². The Bertz CT molecular complexity index is 1320. The second-order valence-corrected chi connectivity index (χ2v) is 14.4. The van der Waals surface area contributed by atoms with Crippen LogP contribution in [0.15, 0.2) is 48.5 Å². The number of nitrogens with one attached hydrogen (secondary N) is 2. The number of nitrogens with zero attached hydrogens (tertiary/aromatic N) is 2. The number of alkyl halides is 3. The summed E-state index contributed by atoms with van der Waals surface area (Å²) in [5.74, 6) is 0.368. The Morgan fingerprint density at radius 2 is 1.43 bits per heavy atom. The maximum absolute atomic E-state index is 13.7. The van der Waals surface area contributed by atoms with Crippen molar-refractivity contribution in [2.75, 3.05) is 39.3 Å². The number of piperidine rings is 2. The van der Waals surface area contributed by atoms with Crippen molar-refractivity contribution >= 4 is 11.8 Å². The van der Waals surface area contributed by atoms with Crippen LogP contribution in [-0.4, -0.2) is 79.1 Å². The van der Waals surface area contributed by atoms with Gasteiger partial charge in [-0.3, -0.25) is 14.5 Å². The van der Waals surface area contributed by atoms with E-state index >= 15 is 0 Å². The molecule has 47 heavy (non-hydrogen) atoms. The smallest absolute Gasteiger partial charge is 0.352 e. The molecule has 4 aliphatic rings. The van der Waals surface area contributed by atoms with Crippen LogP contribution in [0.2, 0.25) is 0 Å². The largest absolute Gasteiger partial charge is 0.405 e. The number of halogens is 3. The summed E-state index contributed by atoms with van der Waals surface area (Å²) < 4.78 is 39.5. The average Bonchev–Trinajstić information content (AvgIpc) is 3.37. The Kier molecular flexibility index (Phi) is 10.9. The molecule has 2 aromatic carbocycles. The summed E-state index contributed by atoms with van der Waals surface area (Å²) in [4.78, 5) is 32.1. The van der Waals surface area contributed by atoms with E-state index in [2.05, 4.69) is 20.4 Å². The Morgan fingerprint density at radius 3 is 2.09 bits per heavy atom. The van der Waals surface area contributed by atoms with Crippen LogP contribution < -0.4 is 10.6 Å². The minimum atomic E-state index is -4.48. The van der Waals surface area contributed by atoms with E-state index in [1.165, 1.54) is 38.5 Å². The van der Waals surface area contributed by atoms with Crippen LogP contribution in [0.25, 0.3) is 11.1 Å². The lowest BCUT2D eigenvalue weighted by atomic mass is 9.73. The van der Waals surface area contributed by atoms with Gasteiger partial charge >= 0.3 is 6.18 Å². The third-order valence-corrected chi connectivity index (χ3v) is 11.2. The van der Waals surface area contributed by atoms with E-state index in [4.69, 9.17) is 0 Å². The van der Waals surface area contributed by atoms with Gasteiger partial charge in [-0.05, 0) is 92.6 Å². The summed E-state index contributed by atoms with van der Waals surface area (Å²) in [5.41, 5.74) is 2.25. The van der Waals surface area contributed by atoms with Crippen LogP contribution in [-0.2, 0) is 15.0 Å². The quantitative estimate of drug-likeness (QED) is 0.262. The molecule has 3 fully saturated rings. The number of fused-ring (bicyclic) bond motifs is 3. The first kappa shape index (κ1) is 34.0. The molecule has 0 spiro atoms. The van der Waals surface area contributed by atoms with Crippen LogP contribution in [0.1, 0.15) is 94.6 Å². The Morgan fingerprint density at radius 1 is 0.787 bits per heavy atom. The number of rotatable bonds is 11. The number of hydrogen-bond donors (Lipinski definition) is 2. The number of amides is 2. The summed E-state index contributed by atoms with van der Waals surface area (Å²) >= 11 is 0. The highest BCUT2D eigenvalue weighted by Gasteiger charge is 2.49. The van der Waals surface area contributed by atoms with Crippen molar-refractivity contribution in [1.82, 2.24) is 20.4 Å². The summed E-state index contributed by atoms with van der Waals surface area (Å²) in [6, 6.07) is 15.5. The van der Waals surface area contributed by atoms with Crippen molar-refractivity contribution in [3.05, 3.63) is 59.7 Å². The van der Waals surface area contributed by atoms with E-state index in [0.29, 0.717) is 12.8 Å². The topological polar surface area (TPSA) is 64.7 Å². The van der Waals surface area contributed by atoms with Gasteiger partial charge in [0.15, 0.2) is 0 Å². The molecule has 6 rings (SSSR count). The first-order valence-corrected chi connectivity index (χ1v) is 18.1. The highest BCUT2D eigenvalue weighted by Crippen LogP contribution is 2.51. The van der Waals surface area contributed by atoms with Gasteiger partial charge in [0.25, 0.3) is 0 Å². The molecule has 2 amide bonds. The predicted octanol–water partition coefficient (Wildman–Crippen LogP) is 6.82. The van der Waals surface area contributed by atoms with Gasteiger partial charge in [0.05, 0.1) is 6.04 Å². The van der Waals surface area contributed by atoms with Gasteiger partial charge in [0.2, 0.25) is 11.8 Å². The molecule has 0 aromatic heterocycles. The predicted molar refractivity (Wildman–Crippen MR) is 179 cm³/mol. The number of benzene rings is 2. The molecule has 0 bridgehead atoms. The van der Waals surface area contributed by atoms with Gasteiger partial charge in [-0.1, -0.05) is 80.6 Å². The van der Waals surface area contributed by atoms with E-state index < -0.39 is 24.0 Å². The molecule has 9 heteroatoms. The summed E-state index contributed by atoms with van der Waals surface area (Å²) in [7, 11) is 0. The second-order valence-electron chi connectivity index (χ2n) is 14.4. The van der Waals surface area contributed by atoms with Crippen molar-refractivity contribution in [3.8, 4) is 11.1 Å². The summed E-state index contributed by atoms with van der Waals surface area (Å²) in [6.07, 6.45) is 9.23. The lowest BCUT2D eigenvalue weighted by Crippen LogP contribution is -2.54. The van der Waals surface area contributed by atoms with Crippen molar-refractivity contribution in [2.24, 2.45) is 5.92 Å². The minimum Gasteiger partial charge on any atom is -0.352 e. The minimum absolute atomic E-state index is 0.00945. The number of likely N-dealkylation sites (tertiary alicyclic amines) is 2. The fourth-order valence-electron chi connectivity index (χ4n) is 8.82. The third kappa shape index (κ3) is 7.88. The first-order chi connectivity index (χ1) is 22.7. The van der Waals surface area contributed by atoms with E-state index in [9.17, 15) is 22.8 Å². The molecule has 2 aliphatic carbocycles. The molecule has 2 saturated heterocycles. The molecule has 256 valence electrons. The molecular formula is C38H51F3N4O2. The SMILES string of the molecule is O=C(NC1CCN(CCCCC2(C(=O)NCC(F)(F)F)c3ccccc3-c3ccccc32)CC1)C1CCCCN1CC1CCCCC1. The van der Waals surface area contributed by atoms with Gasteiger partial charge in [-0.2, -0.15) is 13.2 Å². The summed E-state index contributed by atoms with van der Waals surface area (Å²) in [5, 5.41) is 5.64. The van der Waals surface area contributed by atoms with Gasteiger partial charge in [-0.15, -0.1) is 0 Å². The van der Waals surface area contributed by atoms with Crippen LogP contribution in [0.3, 0.4) is 0 Å². The highest BCUT2D eigenvalue weighted by atomic mass is 19.4. The van der Waals surface area contributed by atoms with Gasteiger partial charge < -0.3 is 15.5 Å². The Balaban J connectivity index is 1.01. The zero-order chi connectivity index (χ0) is 32.9. The monoisotopic (exact) mass is 652 g/mol. The maximum Gasteiger partial charge on any atom is 0.405 e. The molecule has 2 aliphatic heterocycles. The van der Waals surface area contributed by atoms with Crippen LogP contribution in [0.4, 0.5) is 13.2 Å². The molecule has 2 heterocycles. The van der Waals surface area contributed by atoms with Crippen molar-refractivity contribution < 1.29 is 22.8 Å². The maximum atomic E-state index is 13.7. The fraction of sp³-hybridized carbons (Fsp3) is 0.632. The van der Waals surface area contributed by atoms with Gasteiger partial charge in [0, 0.05) is 25.7 Å². The molecule has 1 unspecified atom stereocenters. The summed E-state index contributed by atoms with van der Waals surface area (Å²) in [6.45, 7) is 3.44. The van der Waals surface area contributed by atoms with Crippen molar-refractivity contribution in [3.63, 3.8) is 0 Å². The number of unbranched alkanes of at least 4 members (excludes halogenated alkanes) is 1. The molecule has 0 radical (unpaired) electrons. The number of carbonyl (C=O) groups is 2. The van der Waals surface area contributed by atoms with Gasteiger partial charge in [-0.25, -0.2) is 0 Å². The molecular weight excluding hydrogens is 601 g/mol. The fourth-order valence-corrected chi connectivity index (χ4v) is 8.82. The number of carbonyl (C=O) groups excluding carboxylic acids is 2. The lowest BCUT2D eigenvalue weighted by Gasteiger charge is -2.39. The Labute approximate surface area is 277 Å². The normalized spacial score (nSPS) is 22.4. The number of hydrogen-bond acceptors (Lipinski definition) is 4. The average molecular weight is 653 g/mol. The van der Waals surface area contributed by atoms with Crippen molar-refractivity contribution in [1.29, 1.82) is 0 Å². The zero-order valence-electron chi connectivity index (χ0n) is 27.6. The molecule has 2 aromatic rings. The van der Waals surface area contributed by atoms with E-state index in [1.807, 2.05) is 48.5 Å². The standard InChI is InChI=1S/C38H51F3N4O2/c39-38(40,41)27-42-36(47)37(32-16-6-4-14-30(32)31-15-5-7-17-33(31)37)21-9-11-22-44-24-19-29(20-25-44)43-35(46)34-18-8-10-23-45(34)26-28-12-2-1-3-13-28/h4-7,14-17,28-29,34H,1-3,8-13,18-27H2,(H,42,47)(H,43,46). The molecule has 2 N–H and O–H groups in total. The second kappa shape index (κ2) is 15.1. The molecule has 1 saturated carbocycles. The van der Waals surface area contributed by atoms with Crippen LogP contribution >= 0.6 is 0 Å². The molecule has 6 nitrogen and oxygen atoms in total. The van der Waals surface area contributed by atoms with E-state index in [1.54, 1.807) is 0 Å². The van der Waals surface area contributed by atoms with Crippen molar-refractivity contribution in [2.45, 2.75) is 107 Å². The Hall–Kier alpha value is -2.91. The third-order valence-electron chi connectivity index (χ3n) is 11.2. The van der Waals surface area contributed by atoms with E-state index in [0.717, 1.165) is 93.0 Å². The molecule has 1 atom stereocenters.